The third-order valence-corrected chi connectivity index (χ3v) is 2.35. The van der Waals surface area contributed by atoms with Crippen molar-refractivity contribution in [2.24, 2.45) is 0 Å². The molecule has 0 spiro atoms. The Balaban J connectivity index is 2.66. The van der Waals surface area contributed by atoms with Gasteiger partial charge in [-0.05, 0) is 24.1 Å². The van der Waals surface area contributed by atoms with Crippen molar-refractivity contribution < 1.29 is 9.53 Å². The van der Waals surface area contributed by atoms with Crippen LogP contribution in [0, 0.1) is 0 Å². The number of benzene rings is 1. The summed E-state index contributed by atoms with van der Waals surface area (Å²) in [5, 5.41) is 0. The molecule has 0 radical (unpaired) electrons. The van der Waals surface area contributed by atoms with Gasteiger partial charge in [0.15, 0.2) is 0 Å². The van der Waals surface area contributed by atoms with Crippen molar-refractivity contribution in [3.05, 3.63) is 29.8 Å². The normalized spacial score (nSPS) is 11.9. The first-order chi connectivity index (χ1) is 7.67. The van der Waals surface area contributed by atoms with Crippen LogP contribution in [0.4, 0.5) is 0 Å². The van der Waals surface area contributed by atoms with Gasteiger partial charge in [0.05, 0.1) is 13.2 Å². The highest BCUT2D eigenvalue weighted by Crippen LogP contribution is 2.19. The van der Waals surface area contributed by atoms with E-state index in [0.29, 0.717) is 0 Å². The largest absolute Gasteiger partial charge is 0.497 e. The molecule has 0 aliphatic rings. The molecule has 2 N–H and O–H groups in total. The zero-order valence-corrected chi connectivity index (χ0v) is 9.91. The number of rotatable bonds is 5. The summed E-state index contributed by atoms with van der Waals surface area (Å²) in [6.07, 6.45) is 0.895. The number of methoxy groups -OCH3 is 1. The van der Waals surface area contributed by atoms with Crippen molar-refractivity contribution in [3.8, 4) is 5.75 Å². The van der Waals surface area contributed by atoms with Gasteiger partial charge in [0.1, 0.15) is 5.75 Å². The van der Waals surface area contributed by atoms with Gasteiger partial charge in [0.2, 0.25) is 5.91 Å². The minimum absolute atomic E-state index is 0.0908. The van der Waals surface area contributed by atoms with E-state index in [2.05, 4.69) is 17.8 Å². The van der Waals surface area contributed by atoms with Crippen LogP contribution in [-0.4, -0.2) is 13.0 Å². The van der Waals surface area contributed by atoms with E-state index in [0.717, 1.165) is 17.7 Å². The van der Waals surface area contributed by atoms with Gasteiger partial charge in [-0.15, -0.1) is 0 Å². The summed E-state index contributed by atoms with van der Waals surface area (Å²) in [5.74, 6) is 0.741. The van der Waals surface area contributed by atoms with Crippen LogP contribution in [0.2, 0.25) is 0 Å². The van der Waals surface area contributed by atoms with E-state index >= 15 is 0 Å². The van der Waals surface area contributed by atoms with Gasteiger partial charge < -0.3 is 4.74 Å². The lowest BCUT2D eigenvalue weighted by atomic mass is 10.1. The van der Waals surface area contributed by atoms with Crippen LogP contribution in [0.5, 0.6) is 5.75 Å². The molecule has 1 amide bonds. The number of hydrogen-bond acceptors (Lipinski definition) is 3. The first-order valence-corrected chi connectivity index (χ1v) is 5.33. The molecule has 0 bridgehead atoms. The van der Waals surface area contributed by atoms with E-state index in [9.17, 15) is 4.79 Å². The highest BCUT2D eigenvalue weighted by molar-refractivity contribution is 5.72. The fourth-order valence-corrected chi connectivity index (χ4v) is 1.45. The second kappa shape index (κ2) is 6.12. The Morgan fingerprint density at radius 3 is 2.44 bits per heavy atom. The fraction of sp³-hybridized carbons (Fsp3) is 0.417. The Morgan fingerprint density at radius 2 is 2.00 bits per heavy atom. The van der Waals surface area contributed by atoms with E-state index in [-0.39, 0.29) is 11.9 Å². The van der Waals surface area contributed by atoms with Gasteiger partial charge >= 0.3 is 0 Å². The van der Waals surface area contributed by atoms with Crippen molar-refractivity contribution in [3.63, 3.8) is 0 Å². The molecular formula is C12H18N2O2. The van der Waals surface area contributed by atoms with Crippen molar-refractivity contribution in [1.29, 1.82) is 0 Å². The molecule has 0 heterocycles. The first-order valence-electron chi connectivity index (χ1n) is 5.33. The second-order valence-electron chi connectivity index (χ2n) is 3.56. The first kappa shape index (κ1) is 12.5. The van der Waals surface area contributed by atoms with Crippen molar-refractivity contribution >= 4 is 5.91 Å². The molecule has 1 aromatic carbocycles. The molecule has 1 rings (SSSR count). The molecule has 0 saturated carbocycles. The van der Waals surface area contributed by atoms with E-state index < -0.39 is 0 Å². The smallest absolute Gasteiger partial charge is 0.230 e. The number of carbonyl (C=O) groups excluding carboxylic acids is 1. The van der Waals surface area contributed by atoms with Crippen molar-refractivity contribution in [2.45, 2.75) is 26.3 Å². The number of amides is 1. The van der Waals surface area contributed by atoms with Crippen molar-refractivity contribution in [2.75, 3.05) is 7.11 Å². The van der Waals surface area contributed by atoms with Crippen LogP contribution >= 0.6 is 0 Å². The SMILES string of the molecule is CCC(NNC(C)=O)c1ccc(OC)cc1. The summed E-state index contributed by atoms with van der Waals surface area (Å²) >= 11 is 0. The second-order valence-corrected chi connectivity index (χ2v) is 3.56. The maximum atomic E-state index is 10.8. The minimum atomic E-state index is -0.0908. The Morgan fingerprint density at radius 1 is 1.38 bits per heavy atom. The standard InChI is InChI=1S/C12H18N2O2/c1-4-12(14-13-9(2)15)10-5-7-11(16-3)8-6-10/h5-8,12,14H,4H2,1-3H3,(H,13,15). The topological polar surface area (TPSA) is 50.4 Å². The molecule has 0 fully saturated rings. The zero-order chi connectivity index (χ0) is 12.0. The van der Waals surface area contributed by atoms with E-state index in [4.69, 9.17) is 4.74 Å². The summed E-state index contributed by atoms with van der Waals surface area (Å²) in [7, 11) is 1.64. The van der Waals surface area contributed by atoms with E-state index in [1.54, 1.807) is 7.11 Å². The Hall–Kier alpha value is -1.55. The Kier molecular flexibility index (Phi) is 4.79. The number of hydrogen-bond donors (Lipinski definition) is 2. The van der Waals surface area contributed by atoms with Gasteiger partial charge in [-0.2, -0.15) is 0 Å². The predicted octanol–water partition coefficient (Wildman–Crippen LogP) is 1.79. The highest BCUT2D eigenvalue weighted by atomic mass is 16.5. The number of carbonyl (C=O) groups is 1. The van der Waals surface area contributed by atoms with Crippen LogP contribution < -0.4 is 15.6 Å². The summed E-state index contributed by atoms with van der Waals surface area (Å²) in [6.45, 7) is 3.54. The summed E-state index contributed by atoms with van der Waals surface area (Å²) in [5.41, 5.74) is 6.71. The van der Waals surface area contributed by atoms with Gasteiger partial charge in [-0.1, -0.05) is 19.1 Å². The van der Waals surface area contributed by atoms with Crippen molar-refractivity contribution in [1.82, 2.24) is 10.9 Å². The average molecular weight is 222 g/mol. The van der Waals surface area contributed by atoms with Gasteiger partial charge in [0, 0.05) is 6.92 Å². The highest BCUT2D eigenvalue weighted by Gasteiger charge is 2.08. The maximum Gasteiger partial charge on any atom is 0.230 e. The zero-order valence-electron chi connectivity index (χ0n) is 9.91. The predicted molar refractivity (Wildman–Crippen MR) is 63.0 cm³/mol. The molecule has 1 atom stereocenters. The van der Waals surface area contributed by atoms with Gasteiger partial charge in [-0.25, -0.2) is 5.43 Å². The fourth-order valence-electron chi connectivity index (χ4n) is 1.45. The molecule has 0 saturated heterocycles. The monoisotopic (exact) mass is 222 g/mol. The maximum absolute atomic E-state index is 10.8. The molecule has 4 nitrogen and oxygen atoms in total. The van der Waals surface area contributed by atoms with E-state index in [1.165, 1.54) is 6.92 Å². The molecule has 0 aliphatic carbocycles. The third-order valence-electron chi connectivity index (χ3n) is 2.35. The van der Waals surface area contributed by atoms with Gasteiger partial charge in [-0.3, -0.25) is 10.2 Å². The summed E-state index contributed by atoms with van der Waals surface area (Å²) in [4.78, 5) is 10.8. The molecule has 1 unspecified atom stereocenters. The lowest BCUT2D eigenvalue weighted by molar-refractivity contribution is -0.120. The minimum Gasteiger partial charge on any atom is -0.497 e. The van der Waals surface area contributed by atoms with Crippen LogP contribution in [0.25, 0.3) is 0 Å². The Labute approximate surface area is 96.0 Å². The molecule has 88 valence electrons. The molecule has 0 aromatic heterocycles. The van der Waals surface area contributed by atoms with E-state index in [1.807, 2.05) is 24.3 Å². The number of ether oxygens (including phenoxy) is 1. The molecule has 1 aromatic rings. The number of hydrazine groups is 1. The molecule has 4 heteroatoms. The average Bonchev–Trinajstić information content (AvgIpc) is 2.30. The van der Waals surface area contributed by atoms with Crippen LogP contribution in [0.1, 0.15) is 31.9 Å². The molecular weight excluding hydrogens is 204 g/mol. The van der Waals surface area contributed by atoms with Gasteiger partial charge in [0.25, 0.3) is 0 Å². The Bertz CT molecular complexity index is 335. The third kappa shape index (κ3) is 3.55. The van der Waals surface area contributed by atoms with Crippen LogP contribution in [0.15, 0.2) is 24.3 Å². The molecule has 16 heavy (non-hydrogen) atoms. The molecule has 0 aliphatic heterocycles. The summed E-state index contributed by atoms with van der Waals surface area (Å²) in [6, 6.07) is 7.92. The lowest BCUT2D eigenvalue weighted by Crippen LogP contribution is -2.38. The number of nitrogens with one attached hydrogen (secondary N) is 2. The van der Waals surface area contributed by atoms with Crippen LogP contribution in [0.3, 0.4) is 0 Å². The lowest BCUT2D eigenvalue weighted by Gasteiger charge is -2.17. The van der Waals surface area contributed by atoms with Crippen LogP contribution in [-0.2, 0) is 4.79 Å². The summed E-state index contributed by atoms with van der Waals surface area (Å²) < 4.78 is 5.09. The quantitative estimate of drug-likeness (QED) is 0.747.